The molecule has 0 aliphatic carbocycles. The van der Waals surface area contributed by atoms with Gasteiger partial charge in [-0.25, -0.2) is 4.21 Å². The van der Waals surface area contributed by atoms with Crippen LogP contribution < -0.4 is 0 Å². The summed E-state index contributed by atoms with van der Waals surface area (Å²) < 4.78 is 23.6. The Labute approximate surface area is 71.1 Å². The van der Waals surface area contributed by atoms with Crippen LogP contribution in [-0.2, 0) is 15.8 Å². The minimum Gasteiger partial charge on any atom is -0.388 e. The zero-order valence-electron chi connectivity index (χ0n) is 6.03. The third kappa shape index (κ3) is 1.82. The average molecular weight is 198 g/mol. The average Bonchev–Trinajstić information content (AvgIpc) is 2.00. The molecule has 72 valence electrons. The van der Waals surface area contributed by atoms with Gasteiger partial charge in [0, 0.05) is 0 Å². The van der Waals surface area contributed by atoms with E-state index < -0.39 is 34.8 Å². The minimum atomic E-state index is -2.36. The maximum absolute atomic E-state index is 10.5. The lowest BCUT2D eigenvalue weighted by atomic mass is 10.1. The second-order valence-electron chi connectivity index (χ2n) is 2.53. The van der Waals surface area contributed by atoms with E-state index in [0.29, 0.717) is 0 Å². The Morgan fingerprint density at radius 3 is 2.33 bits per heavy atom. The van der Waals surface area contributed by atoms with Gasteiger partial charge in [-0.3, -0.25) is 0 Å². The number of ether oxygens (including phenoxy) is 1. The number of aliphatic hydroxyl groups is 3. The van der Waals surface area contributed by atoms with Crippen LogP contribution in [0.25, 0.3) is 0 Å². The predicted molar refractivity (Wildman–Crippen MR) is 38.5 cm³/mol. The molecule has 7 heteroatoms. The van der Waals surface area contributed by atoms with Crippen molar-refractivity contribution in [1.82, 2.24) is 0 Å². The highest BCUT2D eigenvalue weighted by atomic mass is 32.2. The molecule has 0 aromatic carbocycles. The maximum atomic E-state index is 10.5. The van der Waals surface area contributed by atoms with Gasteiger partial charge >= 0.3 is 0 Å². The van der Waals surface area contributed by atoms with E-state index in [0.717, 1.165) is 0 Å². The first-order chi connectivity index (χ1) is 5.54. The first-order valence-corrected chi connectivity index (χ1v) is 4.46. The molecule has 1 aliphatic heterocycles. The zero-order chi connectivity index (χ0) is 9.30. The summed E-state index contributed by atoms with van der Waals surface area (Å²) in [5.41, 5.74) is -1.34. The fraction of sp³-hybridized carbons (Fsp3) is 1.00. The Morgan fingerprint density at radius 2 is 1.83 bits per heavy atom. The molecular weight excluding hydrogens is 188 g/mol. The molecule has 1 rings (SSSR count). The lowest BCUT2D eigenvalue weighted by Gasteiger charge is -2.32. The normalized spacial score (nSPS) is 45.7. The molecule has 1 saturated heterocycles. The van der Waals surface area contributed by atoms with Crippen molar-refractivity contribution in [2.24, 2.45) is 0 Å². The van der Waals surface area contributed by atoms with Crippen molar-refractivity contribution in [3.05, 3.63) is 0 Å². The van der Waals surface area contributed by atoms with Crippen LogP contribution in [0.4, 0.5) is 0 Å². The number of hydrogen-bond acceptors (Lipinski definition) is 5. The summed E-state index contributed by atoms with van der Waals surface area (Å²) in [7, 11) is 0. The Bertz CT molecular complexity index is 185. The SMILES string of the molecule is O=S(O)C1OC[C@@H](O)[C@@H](O)[C@@H]1O. The van der Waals surface area contributed by atoms with E-state index in [9.17, 15) is 4.21 Å². The van der Waals surface area contributed by atoms with Gasteiger partial charge in [-0.2, -0.15) is 0 Å². The Balaban J connectivity index is 2.65. The minimum absolute atomic E-state index is 0.255. The molecular formula is C5H10O6S. The summed E-state index contributed by atoms with van der Waals surface area (Å²) in [4.78, 5) is 0. The molecule has 0 radical (unpaired) electrons. The highest BCUT2D eigenvalue weighted by Crippen LogP contribution is 2.16. The predicted octanol–water partition coefficient (Wildman–Crippen LogP) is -2.35. The van der Waals surface area contributed by atoms with Gasteiger partial charge in [-0.15, -0.1) is 0 Å². The highest BCUT2D eigenvalue weighted by molar-refractivity contribution is 7.79. The molecule has 2 unspecified atom stereocenters. The molecule has 0 spiro atoms. The van der Waals surface area contributed by atoms with E-state index in [1.54, 1.807) is 0 Å². The first kappa shape index (κ1) is 10.0. The molecule has 0 amide bonds. The molecule has 6 nitrogen and oxygen atoms in total. The molecule has 1 heterocycles. The molecule has 5 atom stereocenters. The van der Waals surface area contributed by atoms with Crippen molar-refractivity contribution in [1.29, 1.82) is 0 Å². The van der Waals surface area contributed by atoms with E-state index in [1.807, 2.05) is 0 Å². The van der Waals surface area contributed by atoms with E-state index >= 15 is 0 Å². The van der Waals surface area contributed by atoms with Gasteiger partial charge in [0.15, 0.2) is 16.5 Å². The molecule has 1 aliphatic rings. The fourth-order valence-electron chi connectivity index (χ4n) is 0.957. The summed E-state index contributed by atoms with van der Waals surface area (Å²) in [5, 5.41) is 27.1. The topological polar surface area (TPSA) is 107 Å². The Morgan fingerprint density at radius 1 is 1.25 bits per heavy atom. The van der Waals surface area contributed by atoms with E-state index in [2.05, 4.69) is 4.74 Å². The van der Waals surface area contributed by atoms with E-state index in [-0.39, 0.29) is 6.61 Å². The van der Waals surface area contributed by atoms with E-state index in [1.165, 1.54) is 0 Å². The molecule has 1 fully saturated rings. The third-order valence-electron chi connectivity index (χ3n) is 1.65. The van der Waals surface area contributed by atoms with Crippen LogP contribution in [0.5, 0.6) is 0 Å². The second kappa shape index (κ2) is 3.77. The van der Waals surface area contributed by atoms with Crippen molar-refractivity contribution in [3.8, 4) is 0 Å². The third-order valence-corrected chi connectivity index (χ3v) is 2.47. The lowest BCUT2D eigenvalue weighted by Crippen LogP contribution is -2.54. The van der Waals surface area contributed by atoms with Crippen LogP contribution in [0.1, 0.15) is 0 Å². The van der Waals surface area contributed by atoms with Gasteiger partial charge in [0.2, 0.25) is 0 Å². The number of rotatable bonds is 1. The zero-order valence-corrected chi connectivity index (χ0v) is 6.85. The molecule has 0 aromatic rings. The van der Waals surface area contributed by atoms with Crippen molar-refractivity contribution >= 4 is 11.1 Å². The quantitative estimate of drug-likeness (QED) is 0.351. The van der Waals surface area contributed by atoms with Crippen LogP contribution in [0.15, 0.2) is 0 Å². The highest BCUT2D eigenvalue weighted by Gasteiger charge is 2.40. The fourth-order valence-corrected chi connectivity index (χ4v) is 1.55. The monoisotopic (exact) mass is 198 g/mol. The van der Waals surface area contributed by atoms with Gasteiger partial charge in [-0.05, 0) is 0 Å². The number of aliphatic hydroxyl groups excluding tert-OH is 3. The van der Waals surface area contributed by atoms with Gasteiger partial charge < -0.3 is 24.6 Å². The molecule has 4 N–H and O–H groups in total. The summed E-state index contributed by atoms with van der Waals surface area (Å²) in [5.74, 6) is 0. The van der Waals surface area contributed by atoms with Crippen LogP contribution in [0.2, 0.25) is 0 Å². The van der Waals surface area contributed by atoms with Crippen LogP contribution in [0.3, 0.4) is 0 Å². The smallest absolute Gasteiger partial charge is 0.186 e. The summed E-state index contributed by atoms with van der Waals surface area (Å²) >= 11 is -2.36. The van der Waals surface area contributed by atoms with Crippen LogP contribution in [0, 0.1) is 0 Å². The van der Waals surface area contributed by atoms with E-state index in [4.69, 9.17) is 19.9 Å². The van der Waals surface area contributed by atoms with Gasteiger partial charge in [0.1, 0.15) is 18.3 Å². The number of hydrogen-bond donors (Lipinski definition) is 4. The first-order valence-electron chi connectivity index (χ1n) is 3.29. The Hall–Kier alpha value is -0.0500. The van der Waals surface area contributed by atoms with Gasteiger partial charge in [0.25, 0.3) is 0 Å². The standard InChI is InChI=1S/C5H10O6S/c6-2-1-11-5(12(9)10)4(8)3(2)7/h2-8H,1H2,(H,9,10)/t2-,3-,4+,5?/m1/s1. The molecule has 0 aromatic heterocycles. The van der Waals surface area contributed by atoms with Crippen molar-refractivity contribution in [2.45, 2.75) is 23.7 Å². The summed E-state index contributed by atoms with van der Waals surface area (Å²) in [6.45, 7) is -0.255. The van der Waals surface area contributed by atoms with Crippen LogP contribution in [-0.4, -0.2) is 54.4 Å². The van der Waals surface area contributed by atoms with Gasteiger partial charge in [-0.1, -0.05) is 0 Å². The van der Waals surface area contributed by atoms with Crippen molar-refractivity contribution < 1.29 is 28.8 Å². The summed E-state index contributed by atoms with van der Waals surface area (Å²) in [6.07, 6.45) is -4.17. The maximum Gasteiger partial charge on any atom is 0.186 e. The Kier molecular flexibility index (Phi) is 3.16. The molecule has 12 heavy (non-hydrogen) atoms. The summed E-state index contributed by atoms with van der Waals surface area (Å²) in [6, 6.07) is 0. The lowest BCUT2D eigenvalue weighted by molar-refractivity contribution is -0.163. The van der Waals surface area contributed by atoms with Gasteiger partial charge in [0.05, 0.1) is 6.61 Å². The largest absolute Gasteiger partial charge is 0.388 e. The molecule has 0 saturated carbocycles. The van der Waals surface area contributed by atoms with Crippen molar-refractivity contribution in [2.75, 3.05) is 6.61 Å². The molecule has 0 bridgehead atoms. The van der Waals surface area contributed by atoms with Crippen LogP contribution >= 0.6 is 0 Å². The second-order valence-corrected chi connectivity index (χ2v) is 3.54. The van der Waals surface area contributed by atoms with Crippen molar-refractivity contribution in [3.63, 3.8) is 0 Å².